The number of rotatable bonds is 4. The van der Waals surface area contributed by atoms with Crippen molar-refractivity contribution in [2.75, 3.05) is 5.32 Å². The SMILES string of the molecule is O=C(Nc1ccc[nH]c1=O)N[C@H]1CCC[C@H]1Cc1ccc(F)cc1. The lowest BCUT2D eigenvalue weighted by Crippen LogP contribution is -2.41. The summed E-state index contributed by atoms with van der Waals surface area (Å²) in [6.45, 7) is 0. The molecule has 2 amide bonds. The van der Waals surface area contributed by atoms with Gasteiger partial charge in [0, 0.05) is 12.2 Å². The molecule has 6 heteroatoms. The number of carbonyl (C=O) groups excluding carboxylic acids is 1. The first kappa shape index (κ1) is 16.2. The molecule has 0 bridgehead atoms. The van der Waals surface area contributed by atoms with Gasteiger partial charge in [0.1, 0.15) is 11.5 Å². The molecular formula is C18H20FN3O2. The Balaban J connectivity index is 1.59. The number of halogens is 1. The molecule has 1 fully saturated rings. The Hall–Kier alpha value is -2.63. The number of H-pyrrole nitrogens is 1. The number of hydrogen-bond acceptors (Lipinski definition) is 2. The van der Waals surface area contributed by atoms with Gasteiger partial charge in [-0.05, 0) is 55.0 Å². The summed E-state index contributed by atoms with van der Waals surface area (Å²) in [6.07, 6.45) is 5.29. The van der Waals surface area contributed by atoms with Gasteiger partial charge in [0.15, 0.2) is 0 Å². The molecule has 0 unspecified atom stereocenters. The summed E-state index contributed by atoms with van der Waals surface area (Å²) >= 11 is 0. The fourth-order valence-corrected chi connectivity index (χ4v) is 3.24. The minimum atomic E-state index is -0.372. The standard InChI is InChI=1S/C18H20FN3O2/c19-14-8-6-12(7-9-14)11-13-3-1-4-15(13)21-18(24)22-16-5-2-10-20-17(16)23/h2,5-10,13,15H,1,3-4,11H2,(H,20,23)(H2,21,22,24)/t13-,15-/m0/s1. The number of amides is 2. The van der Waals surface area contributed by atoms with Gasteiger partial charge >= 0.3 is 6.03 Å². The largest absolute Gasteiger partial charge is 0.335 e. The summed E-state index contributed by atoms with van der Waals surface area (Å²) in [6, 6.07) is 9.39. The third-order valence-electron chi connectivity index (χ3n) is 4.45. The highest BCUT2D eigenvalue weighted by Gasteiger charge is 2.28. The van der Waals surface area contributed by atoms with Crippen LogP contribution < -0.4 is 16.2 Å². The van der Waals surface area contributed by atoms with Gasteiger partial charge < -0.3 is 15.6 Å². The zero-order valence-electron chi connectivity index (χ0n) is 13.2. The zero-order chi connectivity index (χ0) is 16.9. The molecule has 1 aliphatic rings. The molecule has 0 aliphatic heterocycles. The average Bonchev–Trinajstić information content (AvgIpc) is 2.98. The molecule has 2 aromatic rings. The van der Waals surface area contributed by atoms with E-state index in [0.717, 1.165) is 31.2 Å². The van der Waals surface area contributed by atoms with Crippen LogP contribution in [0.4, 0.5) is 14.9 Å². The zero-order valence-corrected chi connectivity index (χ0v) is 13.2. The molecule has 1 aromatic heterocycles. The van der Waals surface area contributed by atoms with Crippen LogP contribution >= 0.6 is 0 Å². The minimum absolute atomic E-state index is 0.0536. The number of carbonyl (C=O) groups is 1. The lowest BCUT2D eigenvalue weighted by atomic mass is 9.94. The van der Waals surface area contributed by atoms with Gasteiger partial charge in [0.25, 0.3) is 5.56 Å². The van der Waals surface area contributed by atoms with E-state index in [-0.39, 0.29) is 29.1 Å². The highest BCUT2D eigenvalue weighted by molar-refractivity contribution is 5.89. The Morgan fingerprint density at radius 1 is 1.21 bits per heavy atom. The van der Waals surface area contributed by atoms with Crippen molar-refractivity contribution < 1.29 is 9.18 Å². The lowest BCUT2D eigenvalue weighted by Gasteiger charge is -2.21. The quantitative estimate of drug-likeness (QED) is 0.806. The first-order valence-electron chi connectivity index (χ1n) is 8.11. The van der Waals surface area contributed by atoms with Crippen LogP contribution in [0.1, 0.15) is 24.8 Å². The van der Waals surface area contributed by atoms with Crippen molar-refractivity contribution in [3.8, 4) is 0 Å². The molecule has 1 aromatic carbocycles. The van der Waals surface area contributed by atoms with E-state index in [0.29, 0.717) is 5.92 Å². The maximum absolute atomic E-state index is 13.0. The van der Waals surface area contributed by atoms with Crippen LogP contribution in [0.5, 0.6) is 0 Å². The predicted molar refractivity (Wildman–Crippen MR) is 90.5 cm³/mol. The van der Waals surface area contributed by atoms with E-state index in [9.17, 15) is 14.0 Å². The van der Waals surface area contributed by atoms with Crippen molar-refractivity contribution >= 4 is 11.7 Å². The summed E-state index contributed by atoms with van der Waals surface area (Å²) in [5, 5.41) is 5.54. The number of benzene rings is 1. The molecule has 0 spiro atoms. The van der Waals surface area contributed by atoms with E-state index in [4.69, 9.17) is 0 Å². The first-order valence-corrected chi connectivity index (χ1v) is 8.11. The number of urea groups is 1. The second-order valence-electron chi connectivity index (χ2n) is 6.14. The van der Waals surface area contributed by atoms with Crippen LogP contribution in [-0.2, 0) is 6.42 Å². The van der Waals surface area contributed by atoms with Crippen LogP contribution in [0.2, 0.25) is 0 Å². The van der Waals surface area contributed by atoms with E-state index in [2.05, 4.69) is 15.6 Å². The normalized spacial score (nSPS) is 19.9. The van der Waals surface area contributed by atoms with Crippen LogP contribution in [0.3, 0.4) is 0 Å². The summed E-state index contributed by atoms with van der Waals surface area (Å²) in [4.78, 5) is 26.3. The molecule has 2 atom stereocenters. The number of aromatic nitrogens is 1. The monoisotopic (exact) mass is 329 g/mol. The molecule has 3 N–H and O–H groups in total. The van der Waals surface area contributed by atoms with Crippen molar-refractivity contribution in [3.63, 3.8) is 0 Å². The highest BCUT2D eigenvalue weighted by Crippen LogP contribution is 2.29. The number of nitrogens with one attached hydrogen (secondary N) is 3. The number of pyridine rings is 1. The number of anilines is 1. The van der Waals surface area contributed by atoms with Crippen LogP contribution in [-0.4, -0.2) is 17.1 Å². The third kappa shape index (κ3) is 4.01. The highest BCUT2D eigenvalue weighted by atomic mass is 19.1. The van der Waals surface area contributed by atoms with Gasteiger partial charge in [0.2, 0.25) is 0 Å². The van der Waals surface area contributed by atoms with E-state index >= 15 is 0 Å². The fourth-order valence-electron chi connectivity index (χ4n) is 3.24. The Bertz CT molecular complexity index is 757. The van der Waals surface area contributed by atoms with Gasteiger partial charge in [-0.15, -0.1) is 0 Å². The Labute approximate surface area is 139 Å². The van der Waals surface area contributed by atoms with Crippen molar-refractivity contribution in [2.45, 2.75) is 31.7 Å². The van der Waals surface area contributed by atoms with E-state index < -0.39 is 0 Å². The maximum atomic E-state index is 13.0. The molecule has 1 aliphatic carbocycles. The maximum Gasteiger partial charge on any atom is 0.319 e. The predicted octanol–water partition coefficient (Wildman–Crippen LogP) is 3.05. The number of aromatic amines is 1. The third-order valence-corrected chi connectivity index (χ3v) is 4.45. The molecule has 0 radical (unpaired) electrons. The molecular weight excluding hydrogens is 309 g/mol. The summed E-state index contributed by atoms with van der Waals surface area (Å²) in [5.41, 5.74) is 0.958. The van der Waals surface area contributed by atoms with Crippen LogP contribution in [0.15, 0.2) is 47.4 Å². The van der Waals surface area contributed by atoms with Gasteiger partial charge in [0.05, 0.1) is 0 Å². The molecule has 1 heterocycles. The second-order valence-corrected chi connectivity index (χ2v) is 6.14. The van der Waals surface area contributed by atoms with Crippen molar-refractivity contribution in [2.24, 2.45) is 5.92 Å². The average molecular weight is 329 g/mol. The fraction of sp³-hybridized carbons (Fsp3) is 0.333. The molecule has 3 rings (SSSR count). The molecule has 24 heavy (non-hydrogen) atoms. The van der Waals surface area contributed by atoms with Crippen molar-refractivity contribution in [3.05, 3.63) is 64.3 Å². The molecule has 5 nitrogen and oxygen atoms in total. The van der Waals surface area contributed by atoms with E-state index in [1.165, 1.54) is 18.3 Å². The Kier molecular flexibility index (Phi) is 4.93. The second kappa shape index (κ2) is 7.29. The van der Waals surface area contributed by atoms with E-state index in [1.807, 2.05) is 0 Å². The molecule has 126 valence electrons. The van der Waals surface area contributed by atoms with Crippen molar-refractivity contribution in [1.29, 1.82) is 0 Å². The van der Waals surface area contributed by atoms with Crippen molar-refractivity contribution in [1.82, 2.24) is 10.3 Å². The topological polar surface area (TPSA) is 74.0 Å². The summed E-state index contributed by atoms with van der Waals surface area (Å²) in [7, 11) is 0. The summed E-state index contributed by atoms with van der Waals surface area (Å²) < 4.78 is 13.0. The van der Waals surface area contributed by atoms with Gasteiger partial charge in [-0.3, -0.25) is 4.79 Å². The van der Waals surface area contributed by atoms with Crippen LogP contribution in [0, 0.1) is 11.7 Å². The van der Waals surface area contributed by atoms with Crippen LogP contribution in [0.25, 0.3) is 0 Å². The first-order chi connectivity index (χ1) is 11.6. The number of hydrogen-bond donors (Lipinski definition) is 3. The van der Waals surface area contributed by atoms with E-state index in [1.54, 1.807) is 24.3 Å². The molecule has 0 saturated heterocycles. The molecule has 1 saturated carbocycles. The smallest absolute Gasteiger partial charge is 0.319 e. The summed E-state index contributed by atoms with van der Waals surface area (Å²) in [5.74, 6) is 0.0718. The van der Waals surface area contributed by atoms with Gasteiger partial charge in [-0.1, -0.05) is 18.6 Å². The lowest BCUT2D eigenvalue weighted by molar-refractivity contribution is 0.245. The minimum Gasteiger partial charge on any atom is -0.335 e. The van der Waals surface area contributed by atoms with Gasteiger partial charge in [-0.25, -0.2) is 9.18 Å². The Morgan fingerprint density at radius 2 is 2.00 bits per heavy atom. The Morgan fingerprint density at radius 3 is 2.75 bits per heavy atom. The van der Waals surface area contributed by atoms with Gasteiger partial charge in [-0.2, -0.15) is 0 Å².